The molecule has 0 spiro atoms. The summed E-state index contributed by atoms with van der Waals surface area (Å²) >= 11 is 1.15. The fourth-order valence-electron chi connectivity index (χ4n) is 6.77. The molecule has 280 valence electrons. The van der Waals surface area contributed by atoms with Crippen molar-refractivity contribution in [3.05, 3.63) is 51.7 Å². The van der Waals surface area contributed by atoms with E-state index in [0.717, 1.165) is 55.5 Å². The first-order valence-corrected chi connectivity index (χ1v) is 18.7. The summed E-state index contributed by atoms with van der Waals surface area (Å²) in [6, 6.07) is 3.93. The number of carboxylic acid groups (broad SMARTS) is 1. The molecule has 4 rings (SSSR count). The number of nitrogens with one attached hydrogen (secondary N) is 2. The number of carbonyl (C=O) groups excluding carboxylic acids is 4. The number of benzene rings is 1. The highest BCUT2D eigenvalue weighted by Crippen LogP contribution is 2.36. The molecule has 1 aromatic carbocycles. The normalized spacial score (nSPS) is 19.3. The Morgan fingerprint density at radius 1 is 1.06 bits per heavy atom. The number of likely N-dealkylation sites (tertiary alicyclic amines) is 1. The summed E-state index contributed by atoms with van der Waals surface area (Å²) in [4.78, 5) is 72.9. The Morgan fingerprint density at radius 2 is 1.75 bits per heavy atom. The van der Waals surface area contributed by atoms with Crippen LogP contribution in [-0.4, -0.2) is 94.4 Å². The van der Waals surface area contributed by atoms with E-state index in [1.165, 1.54) is 19.1 Å². The summed E-state index contributed by atoms with van der Waals surface area (Å²) in [6.07, 6.45) is 4.27. The van der Waals surface area contributed by atoms with Crippen molar-refractivity contribution in [2.75, 3.05) is 20.6 Å². The molecule has 1 aliphatic heterocycles. The lowest BCUT2D eigenvalue weighted by Crippen LogP contribution is -2.56. The number of nitrogens with zero attached hydrogens (tertiary/aromatic N) is 3. The van der Waals surface area contributed by atoms with Gasteiger partial charge in [-0.05, 0) is 81.6 Å². The predicted molar refractivity (Wildman–Crippen MR) is 190 cm³/mol. The summed E-state index contributed by atoms with van der Waals surface area (Å²) in [7, 11) is 3.65. The topological polar surface area (TPSA) is 158 Å². The number of rotatable bonds is 17. The molecular formula is C37H52FN5O7S. The van der Waals surface area contributed by atoms with Gasteiger partial charge < -0.3 is 25.4 Å². The standard InChI is InChI=1S/C37H52FN5O7S/c1-21(2)30(43(6)36(47)32(25-12-13-25)41-34(46)29-9-7-8-16-42(29)5)19-31(50-23(4)44)35-40-28(20-51-35)33(45)39-27(17-22(3)37(48)49)18-24-10-14-26(38)15-11-24/h10-11,14-15,20-22,25,27,29-32H,7-9,12-13,16-19H2,1-6H3,(H,39,45)(H,41,46)(H,48,49)/t22?,27?,29-,30?,31?,32?/m1/s1. The number of piperidine rings is 1. The fourth-order valence-corrected chi connectivity index (χ4v) is 7.61. The molecule has 2 heterocycles. The maximum absolute atomic E-state index is 14.0. The van der Waals surface area contributed by atoms with Crippen LogP contribution in [-0.2, 0) is 30.3 Å². The lowest BCUT2D eigenvalue weighted by molar-refractivity contribution is -0.149. The van der Waals surface area contributed by atoms with Gasteiger partial charge in [0.2, 0.25) is 11.8 Å². The van der Waals surface area contributed by atoms with Gasteiger partial charge in [0.1, 0.15) is 22.6 Å². The Balaban J connectivity index is 1.49. The lowest BCUT2D eigenvalue weighted by Gasteiger charge is -2.37. The first-order valence-electron chi connectivity index (χ1n) is 17.8. The molecule has 0 radical (unpaired) electrons. The molecule has 1 aromatic heterocycles. The van der Waals surface area contributed by atoms with Crippen LogP contribution in [0.1, 0.15) is 99.8 Å². The number of carbonyl (C=O) groups is 5. The minimum atomic E-state index is -1.00. The van der Waals surface area contributed by atoms with Crippen LogP contribution in [0.15, 0.2) is 29.6 Å². The third-order valence-electron chi connectivity index (χ3n) is 9.93. The smallest absolute Gasteiger partial charge is 0.306 e. The number of esters is 1. The van der Waals surface area contributed by atoms with Crippen LogP contribution in [0.25, 0.3) is 0 Å². The monoisotopic (exact) mass is 729 g/mol. The van der Waals surface area contributed by atoms with E-state index in [2.05, 4.69) is 15.6 Å². The number of thiazole rings is 1. The van der Waals surface area contributed by atoms with E-state index in [9.17, 15) is 33.5 Å². The summed E-state index contributed by atoms with van der Waals surface area (Å²) in [5, 5.41) is 17.4. The van der Waals surface area contributed by atoms with Crippen LogP contribution in [0.2, 0.25) is 0 Å². The van der Waals surface area contributed by atoms with Gasteiger partial charge in [-0.2, -0.15) is 0 Å². The van der Waals surface area contributed by atoms with E-state index in [-0.39, 0.29) is 54.6 Å². The molecule has 1 saturated heterocycles. The molecule has 5 unspecified atom stereocenters. The van der Waals surface area contributed by atoms with Crippen LogP contribution < -0.4 is 10.6 Å². The Kier molecular flexibility index (Phi) is 14.1. The van der Waals surface area contributed by atoms with Gasteiger partial charge in [-0.1, -0.05) is 39.3 Å². The van der Waals surface area contributed by atoms with E-state index in [4.69, 9.17) is 4.74 Å². The van der Waals surface area contributed by atoms with Gasteiger partial charge in [0.25, 0.3) is 5.91 Å². The highest BCUT2D eigenvalue weighted by Gasteiger charge is 2.42. The van der Waals surface area contributed by atoms with Gasteiger partial charge in [0.05, 0.1) is 12.0 Å². The van der Waals surface area contributed by atoms with Crippen molar-refractivity contribution in [2.24, 2.45) is 17.8 Å². The number of aliphatic carboxylic acids is 1. The molecule has 6 atom stereocenters. The Bertz CT molecular complexity index is 1530. The van der Waals surface area contributed by atoms with Crippen molar-refractivity contribution < 1.29 is 38.2 Å². The van der Waals surface area contributed by atoms with Gasteiger partial charge in [-0.15, -0.1) is 11.3 Å². The quantitative estimate of drug-likeness (QED) is 0.198. The van der Waals surface area contributed by atoms with Gasteiger partial charge >= 0.3 is 11.9 Å². The summed E-state index contributed by atoms with van der Waals surface area (Å²) in [5.41, 5.74) is 0.810. The van der Waals surface area contributed by atoms with Crippen molar-refractivity contribution in [3.8, 4) is 0 Å². The number of aromatic nitrogens is 1. The minimum absolute atomic E-state index is 0.0526. The molecule has 2 aromatic rings. The van der Waals surface area contributed by atoms with E-state index in [0.29, 0.717) is 5.01 Å². The second kappa shape index (κ2) is 18.0. The van der Waals surface area contributed by atoms with Crippen molar-refractivity contribution in [3.63, 3.8) is 0 Å². The first kappa shape index (κ1) is 39.9. The summed E-state index contributed by atoms with van der Waals surface area (Å²) < 4.78 is 19.2. The SMILES string of the molecule is CC(=O)OC(CC(C(C)C)N(C)C(=O)C(NC(=O)[C@H]1CCCCN1C)C1CC1)c1nc(C(=O)NC(Cc2ccc(F)cc2)CC(C)C(=O)O)cs1. The minimum Gasteiger partial charge on any atom is -0.481 e. The third-order valence-corrected chi connectivity index (χ3v) is 10.9. The van der Waals surface area contributed by atoms with Crippen molar-refractivity contribution >= 4 is 41.0 Å². The fraction of sp³-hybridized carbons (Fsp3) is 0.622. The second-order valence-corrected chi connectivity index (χ2v) is 15.3. The van der Waals surface area contributed by atoms with Crippen molar-refractivity contribution in [1.29, 1.82) is 0 Å². The number of halogens is 1. The van der Waals surface area contributed by atoms with Gasteiger partial charge in [-0.25, -0.2) is 9.37 Å². The largest absolute Gasteiger partial charge is 0.481 e. The number of hydrogen-bond donors (Lipinski definition) is 3. The Hall–Kier alpha value is -3.91. The second-order valence-electron chi connectivity index (χ2n) is 14.5. The van der Waals surface area contributed by atoms with Gasteiger partial charge in [0, 0.05) is 37.9 Å². The molecular weight excluding hydrogens is 678 g/mol. The Morgan fingerprint density at radius 3 is 2.33 bits per heavy atom. The molecule has 14 heteroatoms. The molecule has 1 saturated carbocycles. The van der Waals surface area contributed by atoms with E-state index < -0.39 is 53.8 Å². The van der Waals surface area contributed by atoms with E-state index >= 15 is 0 Å². The molecule has 2 fully saturated rings. The zero-order valence-corrected chi connectivity index (χ0v) is 31.2. The molecule has 2 aliphatic rings. The number of likely N-dealkylation sites (N-methyl/N-ethyl adjacent to an activating group) is 2. The van der Waals surface area contributed by atoms with E-state index in [1.54, 1.807) is 36.4 Å². The first-order chi connectivity index (χ1) is 24.1. The van der Waals surface area contributed by atoms with Crippen LogP contribution in [0.3, 0.4) is 0 Å². The zero-order valence-electron chi connectivity index (χ0n) is 30.4. The number of ether oxygens (including phenoxy) is 1. The Labute approximate surface area is 303 Å². The molecule has 51 heavy (non-hydrogen) atoms. The van der Waals surface area contributed by atoms with Crippen molar-refractivity contribution in [2.45, 2.75) is 109 Å². The van der Waals surface area contributed by atoms with Gasteiger partial charge in [-0.3, -0.25) is 28.9 Å². The summed E-state index contributed by atoms with van der Waals surface area (Å²) in [6.45, 7) is 7.63. The molecule has 1 aliphatic carbocycles. The maximum Gasteiger partial charge on any atom is 0.306 e. The van der Waals surface area contributed by atoms with Crippen LogP contribution >= 0.6 is 11.3 Å². The zero-order chi connectivity index (χ0) is 37.4. The molecule has 3 amide bonds. The average molecular weight is 730 g/mol. The third kappa shape index (κ3) is 11.3. The maximum atomic E-state index is 14.0. The number of amides is 3. The van der Waals surface area contributed by atoms with Gasteiger partial charge in [0.15, 0.2) is 6.10 Å². The lowest BCUT2D eigenvalue weighted by atomic mass is 9.95. The number of hydrogen-bond acceptors (Lipinski definition) is 9. The average Bonchev–Trinajstić information content (AvgIpc) is 3.80. The highest BCUT2D eigenvalue weighted by atomic mass is 32.1. The highest BCUT2D eigenvalue weighted by molar-refractivity contribution is 7.09. The molecule has 0 bridgehead atoms. The van der Waals surface area contributed by atoms with E-state index in [1.807, 2.05) is 25.8 Å². The van der Waals surface area contributed by atoms with Crippen LogP contribution in [0.4, 0.5) is 4.39 Å². The predicted octanol–water partition coefficient (Wildman–Crippen LogP) is 4.59. The van der Waals surface area contributed by atoms with Crippen molar-refractivity contribution in [1.82, 2.24) is 25.4 Å². The summed E-state index contributed by atoms with van der Waals surface area (Å²) in [5.74, 6) is -3.51. The van der Waals surface area contributed by atoms with Crippen LogP contribution in [0, 0.1) is 23.6 Å². The number of carboxylic acids is 1. The molecule has 12 nitrogen and oxygen atoms in total. The van der Waals surface area contributed by atoms with Crippen LogP contribution in [0.5, 0.6) is 0 Å². The molecule has 3 N–H and O–H groups in total.